The molecule has 1 aromatic rings. The van der Waals surface area contributed by atoms with Gasteiger partial charge in [0.05, 0.1) is 13.0 Å². The molecular weight excluding hydrogens is 316 g/mol. The first-order valence-electron chi connectivity index (χ1n) is 9.40. The van der Waals surface area contributed by atoms with Gasteiger partial charge >= 0.3 is 5.97 Å². The molecular formula is C20H28N2O3. The van der Waals surface area contributed by atoms with Gasteiger partial charge in [-0.15, -0.1) is 0 Å². The summed E-state index contributed by atoms with van der Waals surface area (Å²) in [5.41, 5.74) is 1.26. The van der Waals surface area contributed by atoms with Gasteiger partial charge in [0.2, 0.25) is 5.91 Å². The second-order valence-corrected chi connectivity index (χ2v) is 6.96. The summed E-state index contributed by atoms with van der Waals surface area (Å²) in [7, 11) is 0. The van der Waals surface area contributed by atoms with Crippen LogP contribution in [0.2, 0.25) is 0 Å². The van der Waals surface area contributed by atoms with E-state index in [-0.39, 0.29) is 30.8 Å². The fourth-order valence-corrected chi connectivity index (χ4v) is 3.63. The SMILES string of the molecule is CCOC(=O)CCC(=O)N1CCN(C2CC2)CC1Cc1ccccc1. The molecule has 1 amide bonds. The number of esters is 1. The Kier molecular flexibility index (Phi) is 6.08. The highest BCUT2D eigenvalue weighted by Crippen LogP contribution is 2.29. The van der Waals surface area contributed by atoms with Crippen molar-refractivity contribution in [2.24, 2.45) is 0 Å². The minimum absolute atomic E-state index is 0.0735. The van der Waals surface area contributed by atoms with Gasteiger partial charge < -0.3 is 9.64 Å². The number of hydrogen-bond acceptors (Lipinski definition) is 4. The zero-order valence-corrected chi connectivity index (χ0v) is 15.0. The van der Waals surface area contributed by atoms with Gasteiger partial charge in [-0.25, -0.2) is 0 Å². The molecule has 1 saturated carbocycles. The number of piperazine rings is 1. The topological polar surface area (TPSA) is 49.9 Å². The van der Waals surface area contributed by atoms with Crippen molar-refractivity contribution in [2.75, 3.05) is 26.2 Å². The summed E-state index contributed by atoms with van der Waals surface area (Å²) in [5, 5.41) is 0. The third kappa shape index (κ3) is 5.05. The van der Waals surface area contributed by atoms with E-state index in [2.05, 4.69) is 17.0 Å². The molecule has 0 bridgehead atoms. The fourth-order valence-electron chi connectivity index (χ4n) is 3.63. The van der Waals surface area contributed by atoms with Crippen LogP contribution in [0.5, 0.6) is 0 Å². The van der Waals surface area contributed by atoms with E-state index in [0.29, 0.717) is 6.61 Å². The maximum atomic E-state index is 12.7. The van der Waals surface area contributed by atoms with E-state index in [0.717, 1.165) is 32.1 Å². The lowest BCUT2D eigenvalue weighted by molar-refractivity contribution is -0.146. The smallest absolute Gasteiger partial charge is 0.306 e. The predicted octanol–water partition coefficient (Wildman–Crippen LogP) is 2.25. The number of carbonyl (C=O) groups excluding carboxylic acids is 2. The normalized spacial score (nSPS) is 21.2. The number of ether oxygens (including phenoxy) is 1. The Morgan fingerprint density at radius 3 is 2.56 bits per heavy atom. The number of amides is 1. The fraction of sp³-hybridized carbons (Fsp3) is 0.600. The number of nitrogens with zero attached hydrogens (tertiary/aromatic N) is 2. The zero-order chi connectivity index (χ0) is 17.6. The largest absolute Gasteiger partial charge is 0.466 e. The monoisotopic (exact) mass is 344 g/mol. The van der Waals surface area contributed by atoms with Crippen molar-refractivity contribution in [3.05, 3.63) is 35.9 Å². The molecule has 1 unspecified atom stereocenters. The van der Waals surface area contributed by atoms with Crippen molar-refractivity contribution in [3.8, 4) is 0 Å². The number of hydrogen-bond donors (Lipinski definition) is 0. The molecule has 1 atom stereocenters. The van der Waals surface area contributed by atoms with Gasteiger partial charge in [0.25, 0.3) is 0 Å². The second kappa shape index (κ2) is 8.48. The molecule has 1 saturated heterocycles. The summed E-state index contributed by atoms with van der Waals surface area (Å²) in [6, 6.07) is 11.3. The molecule has 136 valence electrons. The molecule has 0 spiro atoms. The molecule has 5 nitrogen and oxygen atoms in total. The Labute approximate surface area is 149 Å². The molecule has 5 heteroatoms. The lowest BCUT2D eigenvalue weighted by Crippen LogP contribution is -2.56. The van der Waals surface area contributed by atoms with Crippen LogP contribution in [0.25, 0.3) is 0 Å². The third-order valence-electron chi connectivity index (χ3n) is 5.06. The van der Waals surface area contributed by atoms with Crippen LogP contribution in [0, 0.1) is 0 Å². The molecule has 0 aromatic heterocycles. The van der Waals surface area contributed by atoms with Crippen LogP contribution >= 0.6 is 0 Å². The molecule has 25 heavy (non-hydrogen) atoms. The van der Waals surface area contributed by atoms with Crippen molar-refractivity contribution in [1.82, 2.24) is 9.80 Å². The summed E-state index contributed by atoms with van der Waals surface area (Å²) >= 11 is 0. The summed E-state index contributed by atoms with van der Waals surface area (Å²) in [6.07, 6.45) is 3.86. The second-order valence-electron chi connectivity index (χ2n) is 6.96. The van der Waals surface area contributed by atoms with E-state index < -0.39 is 0 Å². The van der Waals surface area contributed by atoms with E-state index in [4.69, 9.17) is 4.74 Å². The molecule has 1 heterocycles. The van der Waals surface area contributed by atoms with E-state index in [1.54, 1.807) is 6.92 Å². The molecule has 0 N–H and O–H groups in total. The van der Waals surface area contributed by atoms with E-state index in [9.17, 15) is 9.59 Å². The van der Waals surface area contributed by atoms with Gasteiger partial charge in [-0.3, -0.25) is 14.5 Å². The van der Waals surface area contributed by atoms with Crippen molar-refractivity contribution >= 4 is 11.9 Å². The molecule has 1 aromatic carbocycles. The van der Waals surface area contributed by atoms with Crippen LogP contribution in [0.15, 0.2) is 30.3 Å². The van der Waals surface area contributed by atoms with Gasteiger partial charge in [-0.1, -0.05) is 30.3 Å². The Balaban J connectivity index is 1.62. The van der Waals surface area contributed by atoms with Gasteiger partial charge in [0.1, 0.15) is 0 Å². The van der Waals surface area contributed by atoms with Crippen LogP contribution in [0.4, 0.5) is 0 Å². The molecule has 1 aliphatic heterocycles. The van der Waals surface area contributed by atoms with E-state index in [1.165, 1.54) is 18.4 Å². The highest BCUT2D eigenvalue weighted by Gasteiger charge is 2.37. The summed E-state index contributed by atoms with van der Waals surface area (Å²) < 4.78 is 4.94. The first-order chi connectivity index (χ1) is 12.2. The Bertz CT molecular complexity index is 586. The zero-order valence-electron chi connectivity index (χ0n) is 15.0. The van der Waals surface area contributed by atoms with Crippen molar-refractivity contribution in [3.63, 3.8) is 0 Å². The van der Waals surface area contributed by atoms with Crippen LogP contribution in [-0.4, -0.2) is 60.0 Å². The molecule has 2 aliphatic rings. The van der Waals surface area contributed by atoms with Gasteiger partial charge in [-0.2, -0.15) is 0 Å². The highest BCUT2D eigenvalue weighted by molar-refractivity contribution is 5.81. The minimum atomic E-state index is -0.285. The Morgan fingerprint density at radius 1 is 1.12 bits per heavy atom. The maximum Gasteiger partial charge on any atom is 0.306 e. The van der Waals surface area contributed by atoms with E-state index >= 15 is 0 Å². The third-order valence-corrected chi connectivity index (χ3v) is 5.06. The van der Waals surface area contributed by atoms with Crippen LogP contribution < -0.4 is 0 Å². The standard InChI is InChI=1S/C20H28N2O3/c1-2-25-20(24)11-10-19(23)22-13-12-21(17-8-9-17)15-18(22)14-16-6-4-3-5-7-16/h3-7,17-18H,2,8-15H2,1H3. The van der Waals surface area contributed by atoms with Crippen molar-refractivity contribution in [1.29, 1.82) is 0 Å². The number of rotatable bonds is 7. The lowest BCUT2D eigenvalue weighted by atomic mass is 10.0. The van der Waals surface area contributed by atoms with Gasteiger partial charge in [0, 0.05) is 38.1 Å². The maximum absolute atomic E-state index is 12.7. The molecule has 1 aliphatic carbocycles. The van der Waals surface area contributed by atoms with Gasteiger partial charge in [-0.05, 0) is 31.7 Å². The van der Waals surface area contributed by atoms with Crippen LogP contribution in [0.3, 0.4) is 0 Å². The van der Waals surface area contributed by atoms with Crippen LogP contribution in [0.1, 0.15) is 38.2 Å². The van der Waals surface area contributed by atoms with Crippen molar-refractivity contribution in [2.45, 2.75) is 51.1 Å². The highest BCUT2D eigenvalue weighted by atomic mass is 16.5. The first kappa shape index (κ1) is 17.9. The quantitative estimate of drug-likeness (QED) is 0.712. The van der Waals surface area contributed by atoms with Gasteiger partial charge in [0.15, 0.2) is 0 Å². The number of benzene rings is 1. The summed E-state index contributed by atoms with van der Waals surface area (Å²) in [5.74, 6) is -0.212. The molecule has 0 radical (unpaired) electrons. The Morgan fingerprint density at radius 2 is 1.88 bits per heavy atom. The average Bonchev–Trinajstić information content (AvgIpc) is 3.46. The van der Waals surface area contributed by atoms with Crippen molar-refractivity contribution < 1.29 is 14.3 Å². The predicted molar refractivity (Wildman–Crippen MR) is 96.1 cm³/mol. The first-order valence-corrected chi connectivity index (χ1v) is 9.40. The molecule has 2 fully saturated rings. The summed E-state index contributed by atoms with van der Waals surface area (Å²) in [4.78, 5) is 28.8. The van der Waals surface area contributed by atoms with E-state index in [1.807, 2.05) is 23.1 Å². The Hall–Kier alpha value is -1.88. The number of carbonyl (C=O) groups is 2. The minimum Gasteiger partial charge on any atom is -0.466 e. The average molecular weight is 344 g/mol. The lowest BCUT2D eigenvalue weighted by Gasteiger charge is -2.42. The summed E-state index contributed by atoms with van der Waals surface area (Å²) in [6.45, 7) is 4.79. The van der Waals surface area contributed by atoms with Crippen LogP contribution in [-0.2, 0) is 20.7 Å². The molecule has 3 rings (SSSR count).